The average Bonchev–Trinajstić information content (AvgIpc) is 2.63. The molecule has 1 unspecified atom stereocenters. The van der Waals surface area contributed by atoms with Crippen molar-refractivity contribution in [1.29, 1.82) is 0 Å². The van der Waals surface area contributed by atoms with Crippen LogP contribution in [0.1, 0.15) is 59.9 Å². The van der Waals surface area contributed by atoms with E-state index in [4.69, 9.17) is 9.47 Å². The van der Waals surface area contributed by atoms with Gasteiger partial charge in [0.15, 0.2) is 5.60 Å². The van der Waals surface area contributed by atoms with E-state index in [1.54, 1.807) is 47.6 Å². The molecule has 0 aromatic heterocycles. The van der Waals surface area contributed by atoms with Crippen LogP contribution < -0.4 is 5.32 Å². The average molecular weight is 572 g/mol. The first-order valence-electron chi connectivity index (χ1n) is 10.7. The molecule has 0 aliphatic rings. The van der Waals surface area contributed by atoms with Crippen LogP contribution in [-0.4, -0.2) is 52.1 Å². The van der Waals surface area contributed by atoms with Crippen molar-refractivity contribution in [3.05, 3.63) is 34.3 Å². The topological polar surface area (TPSA) is 84.9 Å². The summed E-state index contributed by atoms with van der Waals surface area (Å²) >= 11 is 4.20. The zero-order valence-electron chi connectivity index (χ0n) is 20.2. The van der Waals surface area contributed by atoms with Gasteiger partial charge >= 0.3 is 18.2 Å². The highest BCUT2D eigenvalue weighted by Gasteiger charge is 2.55. The predicted molar refractivity (Wildman–Crippen MR) is 130 cm³/mol. The highest BCUT2D eigenvalue weighted by atomic mass is 79.9. The number of esters is 1. The number of carbonyl (C=O) groups excluding carboxylic acids is 2. The van der Waals surface area contributed by atoms with Crippen LogP contribution in [0.15, 0.2) is 28.7 Å². The van der Waals surface area contributed by atoms with Gasteiger partial charge in [-0.05, 0) is 72.0 Å². The molecule has 2 atom stereocenters. The highest BCUT2D eigenvalue weighted by Crippen LogP contribution is 2.44. The van der Waals surface area contributed by atoms with Crippen molar-refractivity contribution in [3.63, 3.8) is 0 Å². The lowest BCUT2D eigenvalue weighted by atomic mass is 9.90. The number of aliphatic hydroxyl groups is 1. The molecular formula is C23H33BrF3NO5S. The van der Waals surface area contributed by atoms with Gasteiger partial charge < -0.3 is 19.9 Å². The fourth-order valence-electron chi connectivity index (χ4n) is 2.82. The molecule has 0 saturated carbocycles. The number of amides is 1. The van der Waals surface area contributed by atoms with Crippen molar-refractivity contribution < 1.29 is 37.3 Å². The number of halogens is 4. The van der Waals surface area contributed by atoms with Gasteiger partial charge in [0, 0.05) is 10.0 Å². The van der Waals surface area contributed by atoms with Crippen LogP contribution >= 0.6 is 27.7 Å². The van der Waals surface area contributed by atoms with Gasteiger partial charge in [0.2, 0.25) is 0 Å². The Bertz CT molecular complexity index is 839. The molecule has 6 nitrogen and oxygen atoms in total. The summed E-state index contributed by atoms with van der Waals surface area (Å²) in [7, 11) is 0. The lowest BCUT2D eigenvalue weighted by Gasteiger charge is -2.32. The maximum atomic E-state index is 13.7. The number of rotatable bonds is 9. The van der Waals surface area contributed by atoms with Gasteiger partial charge in [-0.15, -0.1) is 0 Å². The van der Waals surface area contributed by atoms with Gasteiger partial charge in [-0.25, -0.2) is 9.59 Å². The molecule has 1 amide bonds. The number of hydrogen-bond acceptors (Lipinski definition) is 6. The Morgan fingerprint density at radius 2 is 1.59 bits per heavy atom. The van der Waals surface area contributed by atoms with E-state index in [2.05, 4.69) is 21.2 Å². The minimum Gasteiger partial charge on any atom is -0.458 e. The van der Waals surface area contributed by atoms with Gasteiger partial charge in [-0.3, -0.25) is 0 Å². The number of alkyl halides is 3. The second-order valence-corrected chi connectivity index (χ2v) is 11.8. The van der Waals surface area contributed by atoms with Gasteiger partial charge in [0.1, 0.15) is 17.2 Å². The molecule has 34 heavy (non-hydrogen) atoms. The Kier molecular flexibility index (Phi) is 10.8. The zero-order chi connectivity index (χ0) is 26.4. The minimum atomic E-state index is -4.88. The minimum absolute atomic E-state index is 0.0369. The molecule has 1 aromatic carbocycles. The Morgan fingerprint density at radius 3 is 2.09 bits per heavy atom. The standard InChI is InChI=1S/C23H33BrF3NO5S/c1-20(2,3)32-18(29)17(28-19(30)33-21(4,5)6)11-13-34-14-12-22(31,23(25,26)27)15-9-7-8-10-16(15)24/h7-10,17,31H,11-14H2,1-6H3,(H,28,30)/t17-,22?/m0/s1. The van der Waals surface area contributed by atoms with Crippen molar-refractivity contribution >= 4 is 39.8 Å². The molecule has 0 spiro atoms. The molecule has 194 valence electrons. The van der Waals surface area contributed by atoms with Crippen LogP contribution in [0.2, 0.25) is 0 Å². The highest BCUT2D eigenvalue weighted by molar-refractivity contribution is 9.10. The third-order valence-corrected chi connectivity index (χ3v) is 6.04. The monoisotopic (exact) mass is 571 g/mol. The fourth-order valence-corrected chi connectivity index (χ4v) is 4.48. The molecule has 0 aliphatic heterocycles. The summed E-state index contributed by atoms with van der Waals surface area (Å²) in [5.41, 5.74) is -4.85. The number of nitrogens with one attached hydrogen (secondary N) is 1. The van der Waals surface area contributed by atoms with Gasteiger partial charge in [0.05, 0.1) is 0 Å². The molecule has 1 rings (SSSR count). The maximum absolute atomic E-state index is 13.7. The molecule has 11 heteroatoms. The van der Waals surface area contributed by atoms with Crippen LogP contribution in [0.3, 0.4) is 0 Å². The lowest BCUT2D eigenvalue weighted by molar-refractivity contribution is -0.267. The van der Waals surface area contributed by atoms with Gasteiger partial charge in [-0.1, -0.05) is 34.1 Å². The fraction of sp³-hybridized carbons (Fsp3) is 0.652. The third kappa shape index (κ3) is 10.0. The first kappa shape index (κ1) is 30.6. The summed E-state index contributed by atoms with van der Waals surface area (Å²) in [4.78, 5) is 24.7. The Balaban J connectivity index is 2.80. The van der Waals surface area contributed by atoms with Crippen molar-refractivity contribution in [2.75, 3.05) is 11.5 Å². The first-order chi connectivity index (χ1) is 15.4. The molecule has 0 radical (unpaired) electrons. The van der Waals surface area contributed by atoms with Crippen LogP contribution in [0.5, 0.6) is 0 Å². The third-order valence-electron chi connectivity index (χ3n) is 4.33. The predicted octanol–water partition coefficient (Wildman–Crippen LogP) is 5.95. The van der Waals surface area contributed by atoms with E-state index in [1.165, 1.54) is 18.2 Å². The molecule has 0 aliphatic carbocycles. The Hall–Kier alpha value is -1.46. The molecule has 1 aromatic rings. The van der Waals surface area contributed by atoms with E-state index < -0.39 is 47.5 Å². The smallest absolute Gasteiger partial charge is 0.421 e. The van der Waals surface area contributed by atoms with Crippen molar-refractivity contribution in [1.82, 2.24) is 5.32 Å². The summed E-state index contributed by atoms with van der Waals surface area (Å²) in [6.07, 6.45) is -6.15. The number of thioether (sulfide) groups is 1. The number of benzene rings is 1. The summed E-state index contributed by atoms with van der Waals surface area (Å²) < 4.78 is 51.9. The summed E-state index contributed by atoms with van der Waals surface area (Å²) in [6, 6.07) is 4.62. The molecule has 0 saturated heterocycles. The number of carbonyl (C=O) groups is 2. The van der Waals surface area contributed by atoms with E-state index in [9.17, 15) is 27.9 Å². The van der Waals surface area contributed by atoms with Crippen LogP contribution in [0, 0.1) is 0 Å². The number of alkyl carbamates (subject to hydrolysis) is 1. The molecule has 2 N–H and O–H groups in total. The summed E-state index contributed by atoms with van der Waals surface area (Å²) in [5, 5.41) is 13.0. The molecule has 0 bridgehead atoms. The summed E-state index contributed by atoms with van der Waals surface area (Å²) in [6.45, 7) is 10.1. The SMILES string of the molecule is CC(C)(C)OC(=O)N[C@@H](CCSCCC(O)(c1ccccc1Br)C(F)(F)F)C(=O)OC(C)(C)C. The maximum Gasteiger partial charge on any atom is 0.421 e. The van der Waals surface area contributed by atoms with Gasteiger partial charge in [0.25, 0.3) is 0 Å². The zero-order valence-corrected chi connectivity index (χ0v) is 22.6. The van der Waals surface area contributed by atoms with Crippen LogP contribution in [0.4, 0.5) is 18.0 Å². The van der Waals surface area contributed by atoms with Crippen LogP contribution in [-0.2, 0) is 19.9 Å². The van der Waals surface area contributed by atoms with E-state index in [-0.39, 0.29) is 28.0 Å². The van der Waals surface area contributed by atoms with E-state index in [1.807, 2.05) is 0 Å². The molecule has 0 heterocycles. The van der Waals surface area contributed by atoms with Crippen molar-refractivity contribution in [3.8, 4) is 0 Å². The van der Waals surface area contributed by atoms with Gasteiger partial charge in [-0.2, -0.15) is 24.9 Å². The second-order valence-electron chi connectivity index (χ2n) is 9.72. The number of ether oxygens (including phenoxy) is 2. The Labute approximate surface area is 211 Å². The van der Waals surface area contributed by atoms with Crippen molar-refractivity contribution in [2.45, 2.75) is 83.4 Å². The lowest BCUT2D eigenvalue weighted by Crippen LogP contribution is -2.46. The quantitative estimate of drug-likeness (QED) is 0.281. The number of hydrogen-bond donors (Lipinski definition) is 2. The van der Waals surface area contributed by atoms with Crippen molar-refractivity contribution in [2.24, 2.45) is 0 Å². The van der Waals surface area contributed by atoms with E-state index in [0.717, 1.165) is 11.8 Å². The summed E-state index contributed by atoms with van der Waals surface area (Å²) in [5.74, 6) is -0.465. The Morgan fingerprint density at radius 1 is 1.03 bits per heavy atom. The largest absolute Gasteiger partial charge is 0.458 e. The van der Waals surface area contributed by atoms with Crippen LogP contribution in [0.25, 0.3) is 0 Å². The second kappa shape index (κ2) is 12.0. The van der Waals surface area contributed by atoms with E-state index in [0.29, 0.717) is 0 Å². The first-order valence-corrected chi connectivity index (χ1v) is 12.6. The van der Waals surface area contributed by atoms with E-state index >= 15 is 0 Å². The molecule has 0 fully saturated rings. The molecular weight excluding hydrogens is 539 g/mol. The normalized spacial score (nSPS) is 15.3.